The molecule has 0 aromatic carbocycles. The number of carbonyl (C=O) groups excluding carboxylic acids is 1. The van der Waals surface area contributed by atoms with E-state index >= 15 is 0 Å². The molecular formula is C14H25N3O4S. The van der Waals surface area contributed by atoms with Crippen molar-refractivity contribution in [2.45, 2.75) is 43.7 Å². The Morgan fingerprint density at radius 2 is 2.09 bits per heavy atom. The Kier molecular flexibility index (Phi) is 4.22. The number of amides is 1. The van der Waals surface area contributed by atoms with Crippen molar-refractivity contribution < 1.29 is 17.9 Å². The van der Waals surface area contributed by atoms with E-state index in [4.69, 9.17) is 4.74 Å². The maximum atomic E-state index is 12.3. The molecule has 3 rings (SSSR count). The van der Waals surface area contributed by atoms with E-state index in [0.717, 1.165) is 25.8 Å². The van der Waals surface area contributed by atoms with E-state index in [-0.39, 0.29) is 11.9 Å². The van der Waals surface area contributed by atoms with Crippen LogP contribution in [-0.4, -0.2) is 79.8 Å². The summed E-state index contributed by atoms with van der Waals surface area (Å²) >= 11 is 0. The molecule has 0 bridgehead atoms. The molecule has 3 fully saturated rings. The molecule has 0 aromatic rings. The molecule has 126 valence electrons. The molecule has 8 heteroatoms. The van der Waals surface area contributed by atoms with Crippen LogP contribution in [0.15, 0.2) is 0 Å². The van der Waals surface area contributed by atoms with Gasteiger partial charge in [-0.1, -0.05) is 0 Å². The highest BCUT2D eigenvalue weighted by atomic mass is 32.2. The number of likely N-dealkylation sites (tertiary alicyclic amines) is 1. The van der Waals surface area contributed by atoms with Crippen LogP contribution in [0.2, 0.25) is 0 Å². The van der Waals surface area contributed by atoms with E-state index < -0.39 is 15.8 Å². The van der Waals surface area contributed by atoms with Crippen molar-refractivity contribution in [3.63, 3.8) is 0 Å². The van der Waals surface area contributed by atoms with Gasteiger partial charge in [0.05, 0.1) is 5.60 Å². The highest BCUT2D eigenvalue weighted by Crippen LogP contribution is 2.38. The Morgan fingerprint density at radius 3 is 2.73 bits per heavy atom. The Morgan fingerprint density at radius 1 is 1.32 bits per heavy atom. The van der Waals surface area contributed by atoms with Crippen LogP contribution in [0, 0.1) is 0 Å². The molecule has 0 N–H and O–H groups in total. The molecule has 0 aliphatic carbocycles. The maximum absolute atomic E-state index is 12.3. The molecule has 0 unspecified atom stereocenters. The number of nitrogens with zero attached hydrogens (tertiary/aromatic N) is 3. The lowest BCUT2D eigenvalue weighted by Crippen LogP contribution is -2.51. The van der Waals surface area contributed by atoms with Gasteiger partial charge in [-0.05, 0) is 25.7 Å². The zero-order chi connectivity index (χ0) is 16.0. The minimum Gasteiger partial charge on any atom is -0.373 e. The molecule has 3 aliphatic heterocycles. The van der Waals surface area contributed by atoms with Gasteiger partial charge in [-0.15, -0.1) is 0 Å². The second-order valence-corrected chi connectivity index (χ2v) is 8.88. The van der Waals surface area contributed by atoms with Crippen molar-refractivity contribution in [2.75, 3.05) is 40.3 Å². The van der Waals surface area contributed by atoms with Crippen molar-refractivity contribution >= 4 is 16.1 Å². The minimum absolute atomic E-state index is 0.200. The quantitative estimate of drug-likeness (QED) is 0.732. The van der Waals surface area contributed by atoms with Gasteiger partial charge in [0.2, 0.25) is 5.91 Å². The van der Waals surface area contributed by atoms with Crippen molar-refractivity contribution in [1.29, 1.82) is 0 Å². The summed E-state index contributed by atoms with van der Waals surface area (Å²) < 4.78 is 33.3. The lowest BCUT2D eigenvalue weighted by atomic mass is 9.89. The van der Waals surface area contributed by atoms with Gasteiger partial charge in [0.15, 0.2) is 0 Å². The minimum atomic E-state index is -3.39. The lowest BCUT2D eigenvalue weighted by Gasteiger charge is -2.41. The molecule has 3 aliphatic rings. The van der Waals surface area contributed by atoms with Crippen LogP contribution in [0.5, 0.6) is 0 Å². The van der Waals surface area contributed by atoms with Crippen LogP contribution in [0.3, 0.4) is 0 Å². The molecule has 7 nitrogen and oxygen atoms in total. The average Bonchev–Trinajstić information content (AvgIpc) is 3.06. The predicted molar refractivity (Wildman–Crippen MR) is 81.4 cm³/mol. The molecule has 3 saturated heterocycles. The topological polar surface area (TPSA) is 70.2 Å². The van der Waals surface area contributed by atoms with Crippen molar-refractivity contribution in [2.24, 2.45) is 0 Å². The molecule has 1 amide bonds. The Hall–Kier alpha value is -0.700. The first-order chi connectivity index (χ1) is 10.3. The molecule has 2 atom stereocenters. The van der Waals surface area contributed by atoms with Gasteiger partial charge in [0, 0.05) is 52.8 Å². The van der Waals surface area contributed by atoms with Crippen molar-refractivity contribution in [3.05, 3.63) is 0 Å². The second-order valence-electron chi connectivity index (χ2n) is 6.74. The van der Waals surface area contributed by atoms with E-state index in [1.807, 2.05) is 4.90 Å². The SMILES string of the molecule is CN(C)S(=O)(=O)N1CC[C@@]2(C[C@H](N3CCCC3=O)CCO2)C1. The zero-order valence-corrected chi connectivity index (χ0v) is 14.1. The molecule has 0 saturated carbocycles. The Balaban J connectivity index is 1.71. The zero-order valence-electron chi connectivity index (χ0n) is 13.3. The summed E-state index contributed by atoms with van der Waals surface area (Å²) in [6, 6.07) is 0.200. The van der Waals surface area contributed by atoms with Crippen LogP contribution in [0.1, 0.15) is 32.1 Å². The largest absolute Gasteiger partial charge is 0.373 e. The standard InChI is InChI=1S/C14H25N3O4S/c1-15(2)22(19,20)16-8-6-14(11-16)10-12(5-9-21-14)17-7-3-4-13(17)18/h12H,3-11H2,1-2H3/t12-,14-/m1/s1. The molecular weight excluding hydrogens is 306 g/mol. The van der Waals surface area contributed by atoms with Crippen LogP contribution in [0.25, 0.3) is 0 Å². The number of ether oxygens (including phenoxy) is 1. The van der Waals surface area contributed by atoms with Crippen molar-refractivity contribution in [3.8, 4) is 0 Å². The van der Waals surface area contributed by atoms with Crippen LogP contribution >= 0.6 is 0 Å². The van der Waals surface area contributed by atoms with E-state index in [2.05, 4.69) is 0 Å². The Labute approximate surface area is 132 Å². The molecule has 0 radical (unpaired) electrons. The summed E-state index contributed by atoms with van der Waals surface area (Å²) in [5.41, 5.74) is -0.422. The van der Waals surface area contributed by atoms with Gasteiger partial charge in [-0.3, -0.25) is 4.79 Å². The lowest BCUT2D eigenvalue weighted by molar-refractivity contribution is -0.137. The highest BCUT2D eigenvalue weighted by molar-refractivity contribution is 7.86. The predicted octanol–water partition coefficient (Wildman–Crippen LogP) is 0.0387. The fourth-order valence-electron chi connectivity index (χ4n) is 3.84. The third kappa shape index (κ3) is 2.77. The van der Waals surface area contributed by atoms with Crippen molar-refractivity contribution in [1.82, 2.24) is 13.5 Å². The number of carbonyl (C=O) groups is 1. The van der Waals surface area contributed by atoms with Crippen LogP contribution in [-0.2, 0) is 19.7 Å². The summed E-state index contributed by atoms with van der Waals surface area (Å²) in [5.74, 6) is 0.234. The molecule has 3 heterocycles. The Bertz CT molecular complexity index is 550. The fourth-order valence-corrected chi connectivity index (χ4v) is 5.03. The summed E-state index contributed by atoms with van der Waals surface area (Å²) in [4.78, 5) is 13.9. The summed E-state index contributed by atoms with van der Waals surface area (Å²) in [5, 5.41) is 0. The van der Waals surface area contributed by atoms with E-state index in [1.54, 1.807) is 14.1 Å². The average molecular weight is 331 g/mol. The van der Waals surface area contributed by atoms with Crippen LogP contribution < -0.4 is 0 Å². The summed E-state index contributed by atoms with van der Waals surface area (Å²) in [6.45, 7) is 2.32. The van der Waals surface area contributed by atoms with E-state index in [1.165, 1.54) is 8.61 Å². The number of hydrogen-bond acceptors (Lipinski definition) is 4. The number of rotatable bonds is 3. The summed E-state index contributed by atoms with van der Waals surface area (Å²) in [7, 11) is -0.294. The molecule has 1 spiro atoms. The van der Waals surface area contributed by atoms with Gasteiger partial charge < -0.3 is 9.64 Å². The van der Waals surface area contributed by atoms with E-state index in [9.17, 15) is 13.2 Å². The maximum Gasteiger partial charge on any atom is 0.281 e. The third-order valence-electron chi connectivity index (χ3n) is 5.09. The summed E-state index contributed by atoms with van der Waals surface area (Å²) in [6.07, 6.45) is 3.89. The first kappa shape index (κ1) is 16.2. The van der Waals surface area contributed by atoms with Gasteiger partial charge in [-0.2, -0.15) is 17.0 Å². The van der Waals surface area contributed by atoms with Crippen LogP contribution in [0.4, 0.5) is 0 Å². The molecule has 0 aromatic heterocycles. The smallest absolute Gasteiger partial charge is 0.281 e. The molecule has 22 heavy (non-hydrogen) atoms. The third-order valence-corrected chi connectivity index (χ3v) is 6.97. The van der Waals surface area contributed by atoms with E-state index in [0.29, 0.717) is 32.5 Å². The first-order valence-corrected chi connectivity index (χ1v) is 9.35. The monoisotopic (exact) mass is 331 g/mol. The normalized spacial score (nSPS) is 34.2. The highest BCUT2D eigenvalue weighted by Gasteiger charge is 2.48. The fraction of sp³-hybridized carbons (Fsp3) is 0.929. The van der Waals surface area contributed by atoms with Gasteiger partial charge >= 0.3 is 0 Å². The number of hydrogen-bond donors (Lipinski definition) is 0. The van der Waals surface area contributed by atoms with Gasteiger partial charge in [0.1, 0.15) is 0 Å². The van der Waals surface area contributed by atoms with Gasteiger partial charge in [-0.25, -0.2) is 0 Å². The van der Waals surface area contributed by atoms with Gasteiger partial charge in [0.25, 0.3) is 10.2 Å². The first-order valence-electron chi connectivity index (χ1n) is 7.95. The second kappa shape index (κ2) is 5.74.